The number of amides is 1. The van der Waals surface area contributed by atoms with E-state index in [1.807, 2.05) is 4.90 Å². The van der Waals surface area contributed by atoms with Gasteiger partial charge in [-0.3, -0.25) is 19.8 Å². The van der Waals surface area contributed by atoms with Crippen LogP contribution in [0.3, 0.4) is 0 Å². The molecule has 1 N–H and O–H groups in total. The van der Waals surface area contributed by atoms with Crippen molar-refractivity contribution >= 4 is 17.3 Å². The van der Waals surface area contributed by atoms with Gasteiger partial charge in [-0.15, -0.1) is 0 Å². The molecule has 1 saturated carbocycles. The molecule has 1 aliphatic carbocycles. The smallest absolute Gasteiger partial charge is 0.269 e. The summed E-state index contributed by atoms with van der Waals surface area (Å²) in [6, 6.07) is 6.56. The van der Waals surface area contributed by atoms with Crippen molar-refractivity contribution in [2.45, 2.75) is 18.9 Å². The monoisotopic (exact) mass is 316 g/mol. The number of rotatable bonds is 5. The number of nitro benzene ring substituents is 1. The van der Waals surface area contributed by atoms with Crippen LogP contribution in [0.15, 0.2) is 24.3 Å². The number of nitrogens with one attached hydrogen (secondary N) is 1. The molecule has 0 radical (unpaired) electrons. The Morgan fingerprint density at radius 3 is 2.43 bits per heavy atom. The van der Waals surface area contributed by atoms with Gasteiger partial charge in [0, 0.05) is 55.5 Å². The maximum atomic E-state index is 12.7. The van der Waals surface area contributed by atoms with Gasteiger partial charge in [-0.25, -0.2) is 0 Å². The zero-order chi connectivity index (χ0) is 16.0. The second-order valence-corrected chi connectivity index (χ2v) is 7.02. The highest BCUT2D eigenvalue weighted by Crippen LogP contribution is 2.36. The largest absolute Gasteiger partial charge is 0.315 e. The third kappa shape index (κ3) is 2.70. The van der Waals surface area contributed by atoms with Crippen molar-refractivity contribution in [3.63, 3.8) is 0 Å². The number of non-ortho nitro benzene ring substituents is 1. The Morgan fingerprint density at radius 2 is 1.96 bits per heavy atom. The molecular weight excluding hydrogens is 296 g/mol. The zero-order valence-corrected chi connectivity index (χ0v) is 12.9. The molecule has 1 amide bonds. The quantitative estimate of drug-likeness (QED) is 0.647. The molecule has 7 heteroatoms. The van der Waals surface area contributed by atoms with Gasteiger partial charge < -0.3 is 10.2 Å². The Kier molecular flexibility index (Phi) is 3.35. The molecule has 0 atom stereocenters. The van der Waals surface area contributed by atoms with Gasteiger partial charge in [-0.1, -0.05) is 0 Å². The van der Waals surface area contributed by atoms with Crippen LogP contribution in [0.1, 0.15) is 12.8 Å². The minimum atomic E-state index is -0.417. The topological polar surface area (TPSA) is 78.7 Å². The number of benzene rings is 1. The average molecular weight is 316 g/mol. The van der Waals surface area contributed by atoms with Crippen molar-refractivity contribution < 1.29 is 9.72 Å². The molecule has 0 aromatic heterocycles. The molecule has 23 heavy (non-hydrogen) atoms. The number of hydrogen-bond donors (Lipinski definition) is 1. The van der Waals surface area contributed by atoms with Gasteiger partial charge in [0.05, 0.1) is 11.5 Å². The molecule has 7 nitrogen and oxygen atoms in total. The molecule has 2 heterocycles. The molecule has 2 saturated heterocycles. The molecule has 0 bridgehead atoms. The van der Waals surface area contributed by atoms with E-state index in [0.717, 1.165) is 44.7 Å². The van der Waals surface area contributed by atoms with Gasteiger partial charge in [0.25, 0.3) is 5.69 Å². The van der Waals surface area contributed by atoms with Crippen LogP contribution in [0.25, 0.3) is 0 Å². The highest BCUT2D eigenvalue weighted by Gasteiger charge is 2.48. The fraction of sp³-hybridized carbons (Fsp3) is 0.562. The van der Waals surface area contributed by atoms with E-state index in [-0.39, 0.29) is 17.6 Å². The summed E-state index contributed by atoms with van der Waals surface area (Å²) < 4.78 is 0. The Bertz CT molecular complexity index is 629. The minimum Gasteiger partial charge on any atom is -0.315 e. The van der Waals surface area contributed by atoms with Crippen LogP contribution in [0.2, 0.25) is 0 Å². The van der Waals surface area contributed by atoms with E-state index in [2.05, 4.69) is 10.2 Å². The van der Waals surface area contributed by atoms with Gasteiger partial charge >= 0.3 is 0 Å². The first kappa shape index (κ1) is 14.6. The number of nitro groups is 1. The van der Waals surface area contributed by atoms with Crippen molar-refractivity contribution in [3.8, 4) is 0 Å². The van der Waals surface area contributed by atoms with Crippen LogP contribution < -0.4 is 10.2 Å². The van der Waals surface area contributed by atoms with Crippen molar-refractivity contribution in [2.24, 2.45) is 5.41 Å². The van der Waals surface area contributed by atoms with Gasteiger partial charge in [-0.05, 0) is 25.0 Å². The van der Waals surface area contributed by atoms with Gasteiger partial charge in [0.15, 0.2) is 0 Å². The predicted molar refractivity (Wildman–Crippen MR) is 85.3 cm³/mol. The van der Waals surface area contributed by atoms with Crippen molar-refractivity contribution in [1.29, 1.82) is 0 Å². The average Bonchev–Trinajstić information content (AvgIpc) is 3.26. The van der Waals surface area contributed by atoms with E-state index in [4.69, 9.17) is 0 Å². The molecule has 1 aromatic rings. The van der Waals surface area contributed by atoms with Crippen LogP contribution in [0.4, 0.5) is 11.4 Å². The Morgan fingerprint density at radius 1 is 1.30 bits per heavy atom. The summed E-state index contributed by atoms with van der Waals surface area (Å²) in [5, 5.41) is 14.1. The zero-order valence-electron chi connectivity index (χ0n) is 12.9. The molecule has 1 spiro atoms. The predicted octanol–water partition coefficient (Wildman–Crippen LogP) is 0.995. The number of anilines is 1. The van der Waals surface area contributed by atoms with Crippen LogP contribution in [-0.4, -0.2) is 54.5 Å². The Hall–Kier alpha value is -1.99. The van der Waals surface area contributed by atoms with Gasteiger partial charge in [0.2, 0.25) is 5.91 Å². The molecule has 3 aliphatic rings. The molecule has 122 valence electrons. The highest BCUT2D eigenvalue weighted by atomic mass is 16.6. The maximum absolute atomic E-state index is 12.7. The van der Waals surface area contributed by atoms with Crippen LogP contribution in [0.5, 0.6) is 0 Å². The van der Waals surface area contributed by atoms with E-state index < -0.39 is 4.92 Å². The fourth-order valence-electron chi connectivity index (χ4n) is 3.61. The lowest BCUT2D eigenvalue weighted by molar-refractivity contribution is -0.384. The van der Waals surface area contributed by atoms with Crippen LogP contribution in [-0.2, 0) is 4.79 Å². The molecular formula is C16H20N4O3. The first-order valence-electron chi connectivity index (χ1n) is 8.06. The first-order valence-corrected chi connectivity index (χ1v) is 8.06. The van der Waals surface area contributed by atoms with E-state index in [1.165, 1.54) is 12.1 Å². The summed E-state index contributed by atoms with van der Waals surface area (Å²) in [4.78, 5) is 27.1. The van der Waals surface area contributed by atoms with Crippen molar-refractivity contribution in [2.75, 3.05) is 37.6 Å². The minimum absolute atomic E-state index is 0.0547. The summed E-state index contributed by atoms with van der Waals surface area (Å²) in [5.74, 6) is 0.100. The third-order valence-corrected chi connectivity index (χ3v) is 5.00. The summed E-state index contributed by atoms with van der Waals surface area (Å²) >= 11 is 0. The second-order valence-electron chi connectivity index (χ2n) is 7.02. The third-order valence-electron chi connectivity index (χ3n) is 5.00. The number of carbonyl (C=O) groups is 1. The molecule has 0 unspecified atom stereocenters. The molecule has 1 aromatic carbocycles. The number of hydrogen-bond acceptors (Lipinski definition) is 5. The molecule has 2 aliphatic heterocycles. The van der Waals surface area contributed by atoms with E-state index in [9.17, 15) is 14.9 Å². The summed E-state index contributed by atoms with van der Waals surface area (Å²) in [6.45, 7) is 4.54. The normalized spacial score (nSPS) is 22.3. The summed E-state index contributed by atoms with van der Waals surface area (Å²) in [7, 11) is 0. The van der Waals surface area contributed by atoms with Crippen LogP contribution >= 0.6 is 0 Å². The van der Waals surface area contributed by atoms with Gasteiger partial charge in [-0.2, -0.15) is 0 Å². The van der Waals surface area contributed by atoms with Crippen LogP contribution in [0, 0.1) is 15.5 Å². The van der Waals surface area contributed by atoms with Gasteiger partial charge in [0.1, 0.15) is 0 Å². The Balaban J connectivity index is 1.43. The van der Waals surface area contributed by atoms with E-state index >= 15 is 0 Å². The second kappa shape index (κ2) is 5.28. The standard InChI is InChI=1S/C16H20N4O3/c21-15(7-18-10-16(11-18)8-17-9-16)19(12-1-2-12)13-3-5-14(6-4-13)20(22)23/h3-6,12,17H,1-2,7-11H2. The van der Waals surface area contributed by atoms with Crippen molar-refractivity contribution in [3.05, 3.63) is 34.4 Å². The number of likely N-dealkylation sites (tertiary alicyclic amines) is 1. The molecule has 4 rings (SSSR count). The number of nitrogens with zero attached hydrogens (tertiary/aromatic N) is 3. The van der Waals surface area contributed by atoms with E-state index in [0.29, 0.717) is 12.0 Å². The number of carbonyl (C=O) groups excluding carboxylic acids is 1. The van der Waals surface area contributed by atoms with E-state index in [1.54, 1.807) is 12.1 Å². The summed E-state index contributed by atoms with van der Waals surface area (Å²) in [6.07, 6.45) is 2.02. The molecule has 3 fully saturated rings. The highest BCUT2D eigenvalue weighted by molar-refractivity contribution is 5.96. The lowest BCUT2D eigenvalue weighted by Gasteiger charge is -2.56. The lowest BCUT2D eigenvalue weighted by Crippen LogP contribution is -2.71. The first-order chi connectivity index (χ1) is 11.1. The maximum Gasteiger partial charge on any atom is 0.269 e. The van der Waals surface area contributed by atoms with Crippen molar-refractivity contribution in [1.82, 2.24) is 10.2 Å². The lowest BCUT2D eigenvalue weighted by atomic mass is 9.74. The summed E-state index contributed by atoms with van der Waals surface area (Å²) in [5.41, 5.74) is 1.24. The Labute approximate surface area is 134 Å². The SMILES string of the molecule is O=C(CN1CC2(CNC2)C1)N(c1ccc([N+](=O)[O-])cc1)C1CC1. The fourth-order valence-corrected chi connectivity index (χ4v) is 3.61.